The third-order valence-corrected chi connectivity index (χ3v) is 4.31. The number of carbonyl (C=O) groups excluding carboxylic acids is 2. The molecule has 7 nitrogen and oxygen atoms in total. The fourth-order valence-corrected chi connectivity index (χ4v) is 2.87. The second-order valence-corrected chi connectivity index (χ2v) is 6.60. The van der Waals surface area contributed by atoms with Crippen LogP contribution in [0.2, 0.25) is 0 Å². The Hall–Kier alpha value is -4.00. The van der Waals surface area contributed by atoms with E-state index in [4.69, 9.17) is 19.9 Å². The van der Waals surface area contributed by atoms with Gasteiger partial charge in [0.2, 0.25) is 0 Å². The third kappa shape index (κ3) is 6.24. The average Bonchev–Trinajstić information content (AvgIpc) is 2.78. The number of ether oxygens (including phenoxy) is 3. The van der Waals surface area contributed by atoms with Gasteiger partial charge in [-0.2, -0.15) is 0 Å². The Bertz CT molecular complexity index is 1020. The Labute approximate surface area is 180 Å². The highest BCUT2D eigenvalue weighted by molar-refractivity contribution is 5.96. The molecule has 2 amide bonds. The van der Waals surface area contributed by atoms with Crippen molar-refractivity contribution in [3.8, 4) is 11.5 Å². The number of nitrogens with two attached hydrogens (primary N) is 1. The largest absolute Gasteiger partial charge is 0.488 e. The number of carbonyl (C=O) groups is 2. The summed E-state index contributed by atoms with van der Waals surface area (Å²) in [5.41, 5.74) is 7.65. The lowest BCUT2D eigenvalue weighted by Crippen LogP contribution is -2.20. The normalized spacial score (nSPS) is 10.2. The Balaban J connectivity index is 1.93. The van der Waals surface area contributed by atoms with E-state index < -0.39 is 12.0 Å². The van der Waals surface area contributed by atoms with E-state index in [1.165, 1.54) is 12.1 Å². The molecule has 0 saturated carbocycles. The van der Waals surface area contributed by atoms with Crippen molar-refractivity contribution in [1.82, 2.24) is 0 Å². The lowest BCUT2D eigenvalue weighted by molar-refractivity contribution is 0.0520. The molecule has 7 heteroatoms. The van der Waals surface area contributed by atoms with Crippen LogP contribution in [0, 0.1) is 0 Å². The van der Waals surface area contributed by atoms with Crippen molar-refractivity contribution in [2.45, 2.75) is 20.1 Å². The molecule has 0 radical (unpaired) electrons. The quantitative estimate of drug-likeness (QED) is 0.496. The summed E-state index contributed by atoms with van der Waals surface area (Å²) in [5, 5.41) is 2.53. The van der Waals surface area contributed by atoms with E-state index in [0.29, 0.717) is 5.69 Å². The lowest BCUT2D eigenvalue weighted by atomic mass is 10.1. The van der Waals surface area contributed by atoms with Gasteiger partial charge in [0.25, 0.3) is 0 Å². The minimum atomic E-state index is -0.762. The number of anilines is 1. The maximum atomic E-state index is 12.6. The second kappa shape index (κ2) is 10.7. The van der Waals surface area contributed by atoms with Gasteiger partial charge in [0, 0.05) is 12.1 Å². The van der Waals surface area contributed by atoms with E-state index in [9.17, 15) is 9.59 Å². The van der Waals surface area contributed by atoms with E-state index in [1.807, 2.05) is 60.7 Å². The van der Waals surface area contributed by atoms with Crippen LogP contribution in [0.3, 0.4) is 0 Å². The monoisotopic (exact) mass is 420 g/mol. The maximum Gasteiger partial charge on any atom is 0.342 e. The third-order valence-electron chi connectivity index (χ3n) is 4.31. The molecule has 0 saturated heterocycles. The maximum absolute atomic E-state index is 12.6. The zero-order chi connectivity index (χ0) is 22.1. The predicted octanol–water partition coefficient (Wildman–Crippen LogP) is 4.51. The summed E-state index contributed by atoms with van der Waals surface area (Å²) in [5.74, 6) is -0.0309. The second-order valence-electron chi connectivity index (χ2n) is 6.60. The molecular formula is C24H24N2O5. The Morgan fingerprint density at radius 3 is 1.90 bits per heavy atom. The number of hydrogen-bond acceptors (Lipinski definition) is 5. The first kappa shape index (κ1) is 21.7. The highest BCUT2D eigenvalue weighted by atomic mass is 16.5. The molecule has 0 atom stereocenters. The first-order valence-corrected chi connectivity index (χ1v) is 9.82. The Kier molecular flexibility index (Phi) is 7.48. The summed E-state index contributed by atoms with van der Waals surface area (Å²) in [6.07, 6.45) is 0. The van der Waals surface area contributed by atoms with Crippen LogP contribution in [0.4, 0.5) is 10.5 Å². The van der Waals surface area contributed by atoms with E-state index in [-0.39, 0.29) is 36.9 Å². The van der Waals surface area contributed by atoms with Crippen LogP contribution in [-0.4, -0.2) is 18.6 Å². The smallest absolute Gasteiger partial charge is 0.342 e. The van der Waals surface area contributed by atoms with Crippen molar-refractivity contribution in [1.29, 1.82) is 0 Å². The average molecular weight is 420 g/mol. The minimum Gasteiger partial charge on any atom is -0.488 e. The number of urea groups is 1. The molecule has 0 aliphatic heterocycles. The standard InChI is InChI=1S/C24H24N2O5/c1-2-29-23(27)19-13-22(31-16-18-11-7-4-8-12-18)20(26-24(25)28)14-21(19)30-15-17-9-5-3-6-10-17/h3-14H,2,15-16H2,1H3,(H3,25,26,28). The van der Waals surface area contributed by atoms with Crippen LogP contribution < -0.4 is 20.5 Å². The zero-order valence-electron chi connectivity index (χ0n) is 17.2. The van der Waals surface area contributed by atoms with Crippen molar-refractivity contribution in [3.63, 3.8) is 0 Å². The van der Waals surface area contributed by atoms with Gasteiger partial charge in [0.1, 0.15) is 30.3 Å². The van der Waals surface area contributed by atoms with Gasteiger partial charge in [-0.1, -0.05) is 60.7 Å². The summed E-state index contributed by atoms with van der Waals surface area (Å²) in [7, 11) is 0. The molecule has 0 bridgehead atoms. The molecule has 3 aromatic carbocycles. The number of benzene rings is 3. The fourth-order valence-electron chi connectivity index (χ4n) is 2.87. The lowest BCUT2D eigenvalue weighted by Gasteiger charge is -2.17. The van der Waals surface area contributed by atoms with Gasteiger partial charge in [-0.3, -0.25) is 0 Å². The molecule has 160 valence electrons. The van der Waals surface area contributed by atoms with Gasteiger partial charge >= 0.3 is 12.0 Å². The van der Waals surface area contributed by atoms with Crippen molar-refractivity contribution >= 4 is 17.7 Å². The number of rotatable bonds is 9. The van der Waals surface area contributed by atoms with Crippen LogP contribution in [0.1, 0.15) is 28.4 Å². The molecular weight excluding hydrogens is 396 g/mol. The van der Waals surface area contributed by atoms with E-state index >= 15 is 0 Å². The Morgan fingerprint density at radius 1 is 0.839 bits per heavy atom. The zero-order valence-corrected chi connectivity index (χ0v) is 17.2. The van der Waals surface area contributed by atoms with Crippen LogP contribution in [-0.2, 0) is 18.0 Å². The van der Waals surface area contributed by atoms with Gasteiger partial charge in [0.15, 0.2) is 0 Å². The van der Waals surface area contributed by atoms with Gasteiger partial charge < -0.3 is 25.3 Å². The van der Waals surface area contributed by atoms with Gasteiger partial charge in [-0.25, -0.2) is 9.59 Å². The predicted molar refractivity (Wildman–Crippen MR) is 117 cm³/mol. The molecule has 3 N–H and O–H groups in total. The molecule has 3 rings (SSSR count). The van der Waals surface area contributed by atoms with Gasteiger partial charge in [-0.15, -0.1) is 0 Å². The summed E-state index contributed by atoms with van der Waals surface area (Å²) < 4.78 is 16.9. The van der Waals surface area contributed by atoms with E-state index in [1.54, 1.807) is 6.92 Å². The number of primary amides is 1. The van der Waals surface area contributed by atoms with Crippen molar-refractivity contribution < 1.29 is 23.8 Å². The van der Waals surface area contributed by atoms with E-state index in [0.717, 1.165) is 11.1 Å². The van der Waals surface area contributed by atoms with Crippen LogP contribution >= 0.6 is 0 Å². The molecule has 31 heavy (non-hydrogen) atoms. The van der Waals surface area contributed by atoms with Crippen LogP contribution in [0.25, 0.3) is 0 Å². The number of esters is 1. The summed E-state index contributed by atoms with van der Waals surface area (Å²) in [6, 6.07) is 21.3. The molecule has 0 heterocycles. The SMILES string of the molecule is CCOC(=O)c1cc(OCc2ccccc2)c(NC(N)=O)cc1OCc1ccccc1. The molecule has 0 unspecified atom stereocenters. The first-order chi connectivity index (χ1) is 15.1. The van der Waals surface area contributed by atoms with Crippen LogP contribution in [0.5, 0.6) is 11.5 Å². The van der Waals surface area contributed by atoms with Gasteiger partial charge in [-0.05, 0) is 18.1 Å². The molecule has 0 aliphatic rings. The van der Waals surface area contributed by atoms with Crippen molar-refractivity contribution in [3.05, 3.63) is 89.5 Å². The van der Waals surface area contributed by atoms with Crippen molar-refractivity contribution in [2.24, 2.45) is 5.73 Å². The molecule has 0 aliphatic carbocycles. The summed E-state index contributed by atoms with van der Waals surface area (Å²) in [4.78, 5) is 24.1. The number of nitrogens with one attached hydrogen (secondary N) is 1. The molecule has 0 fully saturated rings. The number of amides is 2. The van der Waals surface area contributed by atoms with Crippen molar-refractivity contribution in [2.75, 3.05) is 11.9 Å². The molecule has 0 spiro atoms. The van der Waals surface area contributed by atoms with Crippen LogP contribution in [0.15, 0.2) is 72.8 Å². The highest BCUT2D eigenvalue weighted by Crippen LogP contribution is 2.35. The van der Waals surface area contributed by atoms with E-state index in [2.05, 4.69) is 5.32 Å². The highest BCUT2D eigenvalue weighted by Gasteiger charge is 2.20. The Morgan fingerprint density at radius 2 is 1.39 bits per heavy atom. The first-order valence-electron chi connectivity index (χ1n) is 9.82. The van der Waals surface area contributed by atoms with Gasteiger partial charge in [0.05, 0.1) is 12.3 Å². The topological polar surface area (TPSA) is 99.9 Å². The molecule has 0 aromatic heterocycles. The summed E-state index contributed by atoms with van der Waals surface area (Å²) in [6.45, 7) is 2.39. The molecule has 3 aromatic rings. The minimum absolute atomic E-state index is 0.191. The fraction of sp³-hybridized carbons (Fsp3) is 0.167. The number of hydrogen-bond donors (Lipinski definition) is 2. The summed E-state index contributed by atoms with van der Waals surface area (Å²) >= 11 is 0.